The Kier molecular flexibility index (Phi) is 47.2. The van der Waals surface area contributed by atoms with Gasteiger partial charge in [-0.1, -0.05) is 204 Å². The van der Waals surface area contributed by atoms with Gasteiger partial charge in [-0.15, -0.1) is 0 Å². The summed E-state index contributed by atoms with van der Waals surface area (Å²) in [6.07, 6.45) is 58.2. The number of carbonyl (C=O) groups excluding carboxylic acids is 2. The van der Waals surface area contributed by atoms with Gasteiger partial charge in [0.15, 0.2) is 0 Å². The maximum absolute atomic E-state index is 12.4. The molecule has 6 heteroatoms. The normalized spacial score (nSPS) is 12.9. The zero-order valence-corrected chi connectivity index (χ0v) is 39.2. The predicted octanol–water partition coefficient (Wildman–Crippen LogP) is 15.3. The third-order valence-electron chi connectivity index (χ3n) is 11.7. The zero-order chi connectivity index (χ0) is 43.0. The fraction of sp³-hybridized carbons (Fsp3) is 0.849. The van der Waals surface area contributed by atoms with Crippen LogP contribution in [0, 0.1) is 0 Å². The van der Waals surface area contributed by atoms with Crippen LogP contribution in [-0.4, -0.2) is 47.4 Å². The number of esters is 1. The summed E-state index contributed by atoms with van der Waals surface area (Å²) >= 11 is 0. The van der Waals surface area contributed by atoms with Crippen molar-refractivity contribution in [1.29, 1.82) is 0 Å². The molecule has 0 fully saturated rings. The van der Waals surface area contributed by atoms with E-state index >= 15 is 0 Å². The first-order valence-electron chi connectivity index (χ1n) is 25.7. The van der Waals surface area contributed by atoms with Crippen molar-refractivity contribution in [2.75, 3.05) is 13.2 Å². The Morgan fingerprint density at radius 1 is 0.475 bits per heavy atom. The Hall–Kier alpha value is -1.92. The summed E-state index contributed by atoms with van der Waals surface area (Å²) in [6.45, 7) is 4.84. The van der Waals surface area contributed by atoms with Gasteiger partial charge in [-0.3, -0.25) is 9.59 Å². The lowest BCUT2D eigenvalue weighted by molar-refractivity contribution is -0.143. The van der Waals surface area contributed by atoms with Gasteiger partial charge in [0.1, 0.15) is 0 Å². The SMILES string of the molecule is CCCCC/C=C\C/C=C\CCCCCCCCCC(=O)OCCCC/C=C\CCCCCCCC(=O)NC(CO)C(O)CCCCCCCCCCCCCCCC. The van der Waals surface area contributed by atoms with Crippen LogP contribution in [0.1, 0.15) is 264 Å². The standard InChI is InChI=1S/C53H99NO5/c1-3-5-7-9-11-13-15-17-19-20-21-23-27-31-35-39-43-47-53(58)59-48-44-40-36-32-28-24-26-30-34-38-42-46-52(57)54-50(49-55)51(56)45-41-37-33-29-25-22-18-16-14-12-10-8-6-4-2/h11,13,17,19,28,32,50-51,55-56H,3-10,12,14-16,18,20-27,29-31,33-49H2,1-2H3,(H,54,57)/b13-11-,19-17-,32-28-. The lowest BCUT2D eigenvalue weighted by Crippen LogP contribution is -2.45. The molecule has 2 unspecified atom stereocenters. The summed E-state index contributed by atoms with van der Waals surface area (Å²) in [7, 11) is 0. The van der Waals surface area contributed by atoms with Crippen molar-refractivity contribution in [3.63, 3.8) is 0 Å². The molecule has 0 radical (unpaired) electrons. The van der Waals surface area contributed by atoms with E-state index in [9.17, 15) is 19.8 Å². The third-order valence-corrected chi connectivity index (χ3v) is 11.7. The molecule has 2 atom stereocenters. The number of allylic oxidation sites excluding steroid dienone is 6. The molecule has 3 N–H and O–H groups in total. The van der Waals surface area contributed by atoms with E-state index in [0.717, 1.165) is 89.9 Å². The molecule has 0 aliphatic rings. The van der Waals surface area contributed by atoms with Crippen molar-refractivity contribution in [2.24, 2.45) is 0 Å². The number of amides is 1. The maximum Gasteiger partial charge on any atom is 0.305 e. The highest BCUT2D eigenvalue weighted by Crippen LogP contribution is 2.16. The van der Waals surface area contributed by atoms with Crippen LogP contribution in [0.2, 0.25) is 0 Å². The minimum absolute atomic E-state index is 0.0394. The Morgan fingerprint density at radius 3 is 1.34 bits per heavy atom. The average Bonchev–Trinajstić information content (AvgIpc) is 3.24. The molecular formula is C53H99NO5. The first-order valence-corrected chi connectivity index (χ1v) is 25.7. The number of carbonyl (C=O) groups is 2. The van der Waals surface area contributed by atoms with Crippen LogP contribution >= 0.6 is 0 Å². The molecule has 0 saturated carbocycles. The maximum atomic E-state index is 12.4. The van der Waals surface area contributed by atoms with Crippen molar-refractivity contribution in [1.82, 2.24) is 5.32 Å². The molecule has 0 saturated heterocycles. The van der Waals surface area contributed by atoms with Crippen LogP contribution in [0.15, 0.2) is 36.5 Å². The minimum Gasteiger partial charge on any atom is -0.466 e. The molecule has 0 rings (SSSR count). The number of unbranched alkanes of at least 4 members (excludes halogenated alkanes) is 30. The van der Waals surface area contributed by atoms with Gasteiger partial charge in [-0.05, 0) is 83.5 Å². The minimum atomic E-state index is -0.683. The molecule has 0 aromatic heterocycles. The quantitative estimate of drug-likeness (QED) is 0.0323. The molecule has 0 spiro atoms. The van der Waals surface area contributed by atoms with Crippen LogP contribution in [0.5, 0.6) is 0 Å². The van der Waals surface area contributed by atoms with Crippen LogP contribution in [0.3, 0.4) is 0 Å². The molecular weight excluding hydrogens is 731 g/mol. The second-order valence-corrected chi connectivity index (χ2v) is 17.5. The summed E-state index contributed by atoms with van der Waals surface area (Å²) in [4.78, 5) is 24.5. The van der Waals surface area contributed by atoms with E-state index in [4.69, 9.17) is 4.74 Å². The Labute approximate surface area is 366 Å². The van der Waals surface area contributed by atoms with Gasteiger partial charge in [0.2, 0.25) is 5.91 Å². The zero-order valence-electron chi connectivity index (χ0n) is 39.2. The second-order valence-electron chi connectivity index (χ2n) is 17.5. The van der Waals surface area contributed by atoms with E-state index in [1.807, 2.05) is 0 Å². The number of aliphatic hydroxyl groups is 2. The average molecular weight is 830 g/mol. The molecule has 0 aromatic carbocycles. The first kappa shape index (κ1) is 57.1. The van der Waals surface area contributed by atoms with Crippen molar-refractivity contribution in [2.45, 2.75) is 276 Å². The molecule has 0 bridgehead atoms. The van der Waals surface area contributed by atoms with Crippen molar-refractivity contribution >= 4 is 11.9 Å². The van der Waals surface area contributed by atoms with Gasteiger partial charge >= 0.3 is 5.97 Å². The topological polar surface area (TPSA) is 95.9 Å². The summed E-state index contributed by atoms with van der Waals surface area (Å²) in [5.41, 5.74) is 0. The smallest absolute Gasteiger partial charge is 0.305 e. The van der Waals surface area contributed by atoms with E-state index in [0.29, 0.717) is 25.9 Å². The summed E-state index contributed by atoms with van der Waals surface area (Å²) in [5.74, 6) is -0.105. The van der Waals surface area contributed by atoms with Crippen molar-refractivity contribution < 1.29 is 24.5 Å². The van der Waals surface area contributed by atoms with Crippen LogP contribution in [-0.2, 0) is 14.3 Å². The Balaban J connectivity index is 3.52. The van der Waals surface area contributed by atoms with Gasteiger partial charge in [0.25, 0.3) is 0 Å². The van der Waals surface area contributed by atoms with Crippen LogP contribution in [0.4, 0.5) is 0 Å². The molecule has 346 valence electrons. The van der Waals surface area contributed by atoms with E-state index in [1.54, 1.807) is 0 Å². The number of aliphatic hydroxyl groups excluding tert-OH is 2. The van der Waals surface area contributed by atoms with Gasteiger partial charge in [-0.25, -0.2) is 0 Å². The summed E-state index contributed by atoms with van der Waals surface area (Å²) in [5, 5.41) is 23.2. The number of hydrogen-bond acceptors (Lipinski definition) is 5. The summed E-state index contributed by atoms with van der Waals surface area (Å²) in [6, 6.07) is -0.563. The van der Waals surface area contributed by atoms with E-state index in [2.05, 4.69) is 55.6 Å². The molecule has 0 aliphatic heterocycles. The highest BCUT2D eigenvalue weighted by Gasteiger charge is 2.20. The molecule has 0 aromatic rings. The Bertz CT molecular complexity index is 962. The largest absolute Gasteiger partial charge is 0.466 e. The van der Waals surface area contributed by atoms with Gasteiger partial charge in [-0.2, -0.15) is 0 Å². The van der Waals surface area contributed by atoms with Crippen molar-refractivity contribution in [3.05, 3.63) is 36.5 Å². The molecule has 0 aliphatic carbocycles. The van der Waals surface area contributed by atoms with Gasteiger partial charge in [0.05, 0.1) is 25.4 Å². The van der Waals surface area contributed by atoms with Crippen LogP contribution in [0.25, 0.3) is 0 Å². The predicted molar refractivity (Wildman–Crippen MR) is 255 cm³/mol. The van der Waals surface area contributed by atoms with Crippen molar-refractivity contribution in [3.8, 4) is 0 Å². The highest BCUT2D eigenvalue weighted by atomic mass is 16.5. The van der Waals surface area contributed by atoms with Crippen LogP contribution < -0.4 is 5.32 Å². The Morgan fingerprint density at radius 2 is 0.847 bits per heavy atom. The second kappa shape index (κ2) is 48.7. The van der Waals surface area contributed by atoms with E-state index < -0.39 is 12.1 Å². The number of nitrogens with one attached hydrogen (secondary N) is 1. The molecule has 0 heterocycles. The monoisotopic (exact) mass is 830 g/mol. The molecule has 59 heavy (non-hydrogen) atoms. The van der Waals surface area contributed by atoms with Gasteiger partial charge < -0.3 is 20.3 Å². The highest BCUT2D eigenvalue weighted by molar-refractivity contribution is 5.76. The lowest BCUT2D eigenvalue weighted by Gasteiger charge is -2.22. The number of rotatable bonds is 47. The molecule has 1 amide bonds. The molecule has 6 nitrogen and oxygen atoms in total. The lowest BCUT2D eigenvalue weighted by atomic mass is 10.0. The van der Waals surface area contributed by atoms with E-state index in [1.165, 1.54) is 141 Å². The third kappa shape index (κ3) is 45.4. The number of hydrogen-bond donors (Lipinski definition) is 3. The first-order chi connectivity index (χ1) is 29.0. The fourth-order valence-corrected chi connectivity index (χ4v) is 7.66. The number of ether oxygens (including phenoxy) is 1. The van der Waals surface area contributed by atoms with Gasteiger partial charge in [0, 0.05) is 12.8 Å². The fourth-order valence-electron chi connectivity index (χ4n) is 7.66. The van der Waals surface area contributed by atoms with E-state index in [-0.39, 0.29) is 18.5 Å². The summed E-state index contributed by atoms with van der Waals surface area (Å²) < 4.78 is 5.44.